The van der Waals surface area contributed by atoms with Crippen LogP contribution in [0.25, 0.3) is 0 Å². The SMILES string of the molecule is CNC1CC(OC(C)c2ccccc2)C12CCCC2. The maximum absolute atomic E-state index is 6.40. The summed E-state index contributed by atoms with van der Waals surface area (Å²) in [6.45, 7) is 2.19. The van der Waals surface area contributed by atoms with E-state index in [4.69, 9.17) is 4.74 Å². The van der Waals surface area contributed by atoms with E-state index in [1.165, 1.54) is 37.7 Å². The van der Waals surface area contributed by atoms with Gasteiger partial charge in [-0.2, -0.15) is 0 Å². The molecular formula is C17H25NO. The molecule has 3 atom stereocenters. The van der Waals surface area contributed by atoms with Crippen LogP contribution in [0.4, 0.5) is 0 Å². The molecular weight excluding hydrogens is 234 g/mol. The van der Waals surface area contributed by atoms with E-state index in [-0.39, 0.29) is 6.10 Å². The molecule has 1 aromatic carbocycles. The molecule has 0 amide bonds. The molecule has 1 spiro atoms. The minimum absolute atomic E-state index is 0.210. The molecule has 0 aromatic heterocycles. The normalized spacial score (nSPS) is 30.2. The van der Waals surface area contributed by atoms with Gasteiger partial charge in [0.25, 0.3) is 0 Å². The number of benzene rings is 1. The van der Waals surface area contributed by atoms with Gasteiger partial charge >= 0.3 is 0 Å². The van der Waals surface area contributed by atoms with Crippen LogP contribution in [0.2, 0.25) is 0 Å². The van der Waals surface area contributed by atoms with Crippen molar-refractivity contribution in [1.82, 2.24) is 5.32 Å². The minimum atomic E-state index is 0.210. The average molecular weight is 259 g/mol. The Labute approximate surface area is 116 Å². The summed E-state index contributed by atoms with van der Waals surface area (Å²) in [7, 11) is 2.10. The maximum atomic E-state index is 6.40. The van der Waals surface area contributed by atoms with Gasteiger partial charge in [-0.15, -0.1) is 0 Å². The number of hydrogen-bond acceptors (Lipinski definition) is 2. The van der Waals surface area contributed by atoms with Crippen LogP contribution >= 0.6 is 0 Å². The number of hydrogen-bond donors (Lipinski definition) is 1. The molecule has 0 saturated heterocycles. The van der Waals surface area contributed by atoms with E-state index < -0.39 is 0 Å². The summed E-state index contributed by atoms with van der Waals surface area (Å²) in [5.41, 5.74) is 1.72. The molecule has 1 N–H and O–H groups in total. The van der Waals surface area contributed by atoms with Crippen molar-refractivity contribution in [3.63, 3.8) is 0 Å². The van der Waals surface area contributed by atoms with Crippen LogP contribution in [0.3, 0.4) is 0 Å². The van der Waals surface area contributed by atoms with Gasteiger partial charge in [-0.05, 0) is 38.8 Å². The van der Waals surface area contributed by atoms with Gasteiger partial charge in [0.15, 0.2) is 0 Å². The fourth-order valence-corrected chi connectivity index (χ4v) is 4.10. The van der Waals surface area contributed by atoms with E-state index in [2.05, 4.69) is 49.6 Å². The first-order chi connectivity index (χ1) is 9.26. The Morgan fingerprint density at radius 1 is 1.21 bits per heavy atom. The van der Waals surface area contributed by atoms with Crippen LogP contribution in [0.1, 0.15) is 50.7 Å². The van der Waals surface area contributed by atoms with Gasteiger partial charge < -0.3 is 10.1 Å². The zero-order valence-corrected chi connectivity index (χ0v) is 12.1. The van der Waals surface area contributed by atoms with Crippen molar-refractivity contribution >= 4 is 0 Å². The standard InChI is InChI=1S/C17H25NO/c1-13(14-8-4-3-5-9-14)19-16-12-15(18-2)17(16)10-6-7-11-17/h3-5,8-9,13,15-16,18H,6-7,10-12H2,1-2H3. The predicted octanol–water partition coefficient (Wildman–Crippen LogP) is 3.68. The zero-order chi connectivity index (χ0) is 13.3. The summed E-state index contributed by atoms with van der Waals surface area (Å²) in [6.07, 6.45) is 7.25. The zero-order valence-electron chi connectivity index (χ0n) is 12.1. The van der Waals surface area contributed by atoms with E-state index >= 15 is 0 Å². The number of ether oxygens (including phenoxy) is 1. The average Bonchev–Trinajstić information content (AvgIpc) is 2.96. The Morgan fingerprint density at radius 3 is 2.53 bits per heavy atom. The van der Waals surface area contributed by atoms with Crippen LogP contribution in [-0.2, 0) is 4.74 Å². The van der Waals surface area contributed by atoms with Gasteiger partial charge in [-0.25, -0.2) is 0 Å². The lowest BCUT2D eigenvalue weighted by Gasteiger charge is -2.54. The van der Waals surface area contributed by atoms with E-state index in [0.717, 1.165) is 0 Å². The van der Waals surface area contributed by atoms with E-state index in [0.29, 0.717) is 17.6 Å². The van der Waals surface area contributed by atoms with E-state index in [1.54, 1.807) is 0 Å². The molecule has 2 heteroatoms. The molecule has 19 heavy (non-hydrogen) atoms. The lowest BCUT2D eigenvalue weighted by atomic mass is 9.60. The van der Waals surface area contributed by atoms with E-state index in [1.807, 2.05) is 0 Å². The summed E-state index contributed by atoms with van der Waals surface area (Å²) in [6, 6.07) is 11.3. The lowest BCUT2D eigenvalue weighted by molar-refractivity contribution is -0.157. The van der Waals surface area contributed by atoms with Gasteiger partial charge in [0, 0.05) is 11.5 Å². The molecule has 0 heterocycles. The van der Waals surface area contributed by atoms with Crippen molar-refractivity contribution in [2.24, 2.45) is 5.41 Å². The molecule has 0 aliphatic heterocycles. The van der Waals surface area contributed by atoms with Gasteiger partial charge in [-0.1, -0.05) is 43.2 Å². The van der Waals surface area contributed by atoms with Crippen molar-refractivity contribution < 1.29 is 4.74 Å². The summed E-state index contributed by atoms with van der Waals surface area (Å²) in [4.78, 5) is 0. The van der Waals surface area contributed by atoms with Crippen LogP contribution in [0.5, 0.6) is 0 Å². The largest absolute Gasteiger partial charge is 0.370 e. The van der Waals surface area contributed by atoms with Crippen molar-refractivity contribution in [1.29, 1.82) is 0 Å². The lowest BCUT2D eigenvalue weighted by Crippen LogP contribution is -2.62. The molecule has 2 fully saturated rings. The molecule has 1 aromatic rings. The molecule has 2 nitrogen and oxygen atoms in total. The summed E-state index contributed by atoms with van der Waals surface area (Å²) >= 11 is 0. The molecule has 2 saturated carbocycles. The first kappa shape index (κ1) is 13.1. The fourth-order valence-electron chi connectivity index (χ4n) is 4.10. The highest BCUT2D eigenvalue weighted by Crippen LogP contribution is 2.55. The highest BCUT2D eigenvalue weighted by Gasteiger charge is 2.56. The van der Waals surface area contributed by atoms with Crippen LogP contribution < -0.4 is 5.32 Å². The van der Waals surface area contributed by atoms with Gasteiger partial charge in [0.05, 0.1) is 12.2 Å². The highest BCUT2D eigenvalue weighted by molar-refractivity contribution is 5.18. The van der Waals surface area contributed by atoms with Crippen LogP contribution in [-0.4, -0.2) is 19.2 Å². The highest BCUT2D eigenvalue weighted by atomic mass is 16.5. The molecule has 2 aliphatic carbocycles. The monoisotopic (exact) mass is 259 g/mol. The summed E-state index contributed by atoms with van der Waals surface area (Å²) in [5.74, 6) is 0. The first-order valence-electron chi connectivity index (χ1n) is 7.64. The van der Waals surface area contributed by atoms with Crippen molar-refractivity contribution in [3.8, 4) is 0 Å². The van der Waals surface area contributed by atoms with Crippen molar-refractivity contribution in [2.75, 3.05) is 7.05 Å². The number of rotatable bonds is 4. The second-order valence-corrected chi connectivity index (χ2v) is 6.19. The van der Waals surface area contributed by atoms with Gasteiger partial charge in [0.2, 0.25) is 0 Å². The molecule has 3 unspecified atom stereocenters. The van der Waals surface area contributed by atoms with Crippen molar-refractivity contribution in [2.45, 2.75) is 57.3 Å². The van der Waals surface area contributed by atoms with Crippen molar-refractivity contribution in [3.05, 3.63) is 35.9 Å². The predicted molar refractivity (Wildman–Crippen MR) is 78.1 cm³/mol. The fraction of sp³-hybridized carbons (Fsp3) is 0.647. The third-order valence-corrected chi connectivity index (χ3v) is 5.31. The number of nitrogens with one attached hydrogen (secondary N) is 1. The summed E-state index contributed by atoms with van der Waals surface area (Å²) < 4.78 is 6.40. The third kappa shape index (κ3) is 2.21. The van der Waals surface area contributed by atoms with Gasteiger partial charge in [-0.3, -0.25) is 0 Å². The minimum Gasteiger partial charge on any atom is -0.370 e. The molecule has 3 rings (SSSR count). The van der Waals surface area contributed by atoms with Gasteiger partial charge in [0.1, 0.15) is 0 Å². The topological polar surface area (TPSA) is 21.3 Å². The molecule has 0 bridgehead atoms. The second kappa shape index (κ2) is 5.26. The Hall–Kier alpha value is -0.860. The maximum Gasteiger partial charge on any atom is 0.0800 e. The van der Waals surface area contributed by atoms with Crippen LogP contribution in [0.15, 0.2) is 30.3 Å². The smallest absolute Gasteiger partial charge is 0.0800 e. The Bertz CT molecular complexity index is 411. The summed E-state index contributed by atoms with van der Waals surface area (Å²) in [5, 5.41) is 3.50. The molecule has 104 valence electrons. The Kier molecular flexibility index (Phi) is 3.64. The van der Waals surface area contributed by atoms with Crippen LogP contribution in [0, 0.1) is 5.41 Å². The second-order valence-electron chi connectivity index (χ2n) is 6.19. The first-order valence-corrected chi connectivity index (χ1v) is 7.64. The Balaban J connectivity index is 1.67. The van der Waals surface area contributed by atoms with E-state index in [9.17, 15) is 0 Å². The third-order valence-electron chi connectivity index (χ3n) is 5.31. The Morgan fingerprint density at radius 2 is 1.89 bits per heavy atom. The quantitative estimate of drug-likeness (QED) is 0.890. The molecule has 0 radical (unpaired) electrons. The molecule has 2 aliphatic rings.